The summed E-state index contributed by atoms with van der Waals surface area (Å²) in [7, 11) is 1.99. The highest BCUT2D eigenvalue weighted by atomic mass is 35.5. The number of aryl methyl sites for hydroxylation is 1. The number of amides is 1. The normalized spacial score (nSPS) is 12.0. The van der Waals surface area contributed by atoms with Crippen LogP contribution in [0, 0.1) is 13.8 Å². The molecule has 0 saturated carbocycles. The summed E-state index contributed by atoms with van der Waals surface area (Å²) < 4.78 is 1.85. The largest absolute Gasteiger partial charge is 0.326 e. The zero-order valence-electron chi connectivity index (χ0n) is 15.8. The quantitative estimate of drug-likeness (QED) is 0.687. The molecule has 1 aromatic heterocycles. The molecule has 0 fully saturated rings. The number of nitrogens with zero attached hydrogens (tertiary/aromatic N) is 2. The molecule has 1 heterocycles. The molecule has 3 rings (SSSR count). The monoisotopic (exact) mass is 383 g/mol. The van der Waals surface area contributed by atoms with Crippen LogP contribution in [0.25, 0.3) is 5.69 Å². The van der Waals surface area contributed by atoms with Crippen LogP contribution in [-0.4, -0.2) is 29.3 Å². The van der Waals surface area contributed by atoms with Crippen LogP contribution in [0.2, 0.25) is 5.02 Å². The van der Waals surface area contributed by atoms with Gasteiger partial charge in [-0.3, -0.25) is 4.79 Å². The molecule has 27 heavy (non-hydrogen) atoms. The van der Waals surface area contributed by atoms with E-state index in [1.807, 2.05) is 80.2 Å². The maximum atomic E-state index is 12.5. The molecule has 0 bridgehead atoms. The molecule has 1 unspecified atom stereocenters. The van der Waals surface area contributed by atoms with Gasteiger partial charge in [0.25, 0.3) is 5.91 Å². The average molecular weight is 384 g/mol. The van der Waals surface area contributed by atoms with Crippen LogP contribution in [0.5, 0.6) is 0 Å². The average Bonchev–Trinajstić information content (AvgIpc) is 2.90. The second kappa shape index (κ2) is 8.37. The predicted molar refractivity (Wildman–Crippen MR) is 109 cm³/mol. The fourth-order valence-corrected chi connectivity index (χ4v) is 3.37. The number of nitrogens with one attached hydrogen (secondary N) is 2. The van der Waals surface area contributed by atoms with Gasteiger partial charge in [-0.15, -0.1) is 0 Å². The summed E-state index contributed by atoms with van der Waals surface area (Å²) in [6.45, 7) is 4.97. The minimum Gasteiger partial charge on any atom is -0.326 e. The lowest BCUT2D eigenvalue weighted by atomic mass is 10.2. The molecule has 140 valence electrons. The summed E-state index contributed by atoms with van der Waals surface area (Å²) in [6.07, 6.45) is 0. The van der Waals surface area contributed by atoms with Gasteiger partial charge in [-0.1, -0.05) is 41.9 Å². The topological polar surface area (TPSA) is 51.4 Å². The first kappa shape index (κ1) is 19.1. The van der Waals surface area contributed by atoms with E-state index in [0.29, 0.717) is 11.6 Å². The second-order valence-electron chi connectivity index (χ2n) is 6.78. The molecule has 5 nitrogen and oxygen atoms in total. The number of hydrogen-bond acceptors (Lipinski definition) is 2. The first-order chi connectivity index (χ1) is 12.9. The predicted octanol–water partition coefficient (Wildman–Crippen LogP) is 2.80. The van der Waals surface area contributed by atoms with Crippen LogP contribution in [-0.2, 0) is 11.3 Å². The van der Waals surface area contributed by atoms with Crippen molar-refractivity contribution in [3.8, 4) is 5.69 Å². The molecule has 0 aliphatic rings. The van der Waals surface area contributed by atoms with Gasteiger partial charge >= 0.3 is 0 Å². The van der Waals surface area contributed by atoms with E-state index in [4.69, 9.17) is 11.6 Å². The van der Waals surface area contributed by atoms with Gasteiger partial charge in [0.15, 0.2) is 6.54 Å². The van der Waals surface area contributed by atoms with Crippen LogP contribution in [0.1, 0.15) is 17.0 Å². The number of carbonyl (C=O) groups is 1. The zero-order valence-corrected chi connectivity index (χ0v) is 16.5. The lowest BCUT2D eigenvalue weighted by molar-refractivity contribution is -0.885. The van der Waals surface area contributed by atoms with Gasteiger partial charge in [0, 0.05) is 10.6 Å². The number of anilines is 1. The number of likely N-dealkylation sites (N-methyl/N-ethyl adjacent to an activating group) is 1. The van der Waals surface area contributed by atoms with Gasteiger partial charge in [0.2, 0.25) is 0 Å². The SMILES string of the molecule is Cc1nn(-c2ccccc2)c(C)c1NC(=O)C[NH+](C)Cc1cccc(Cl)c1. The van der Waals surface area contributed by atoms with Crippen molar-refractivity contribution in [3.63, 3.8) is 0 Å². The summed E-state index contributed by atoms with van der Waals surface area (Å²) in [6, 6.07) is 17.6. The van der Waals surface area contributed by atoms with Crippen molar-refractivity contribution < 1.29 is 9.69 Å². The third-order valence-corrected chi connectivity index (χ3v) is 4.65. The summed E-state index contributed by atoms with van der Waals surface area (Å²) >= 11 is 6.03. The van der Waals surface area contributed by atoms with Crippen molar-refractivity contribution in [2.45, 2.75) is 20.4 Å². The Morgan fingerprint density at radius 3 is 2.59 bits per heavy atom. The zero-order chi connectivity index (χ0) is 19.4. The van der Waals surface area contributed by atoms with Crippen molar-refractivity contribution in [3.05, 3.63) is 76.6 Å². The van der Waals surface area contributed by atoms with E-state index in [1.165, 1.54) is 0 Å². The van der Waals surface area contributed by atoms with E-state index in [0.717, 1.165) is 39.8 Å². The minimum absolute atomic E-state index is 0.0339. The Kier molecular flexibility index (Phi) is 5.94. The van der Waals surface area contributed by atoms with Crippen LogP contribution >= 0.6 is 11.6 Å². The van der Waals surface area contributed by atoms with Gasteiger partial charge in [-0.05, 0) is 38.1 Å². The number of benzene rings is 2. The van der Waals surface area contributed by atoms with E-state index in [-0.39, 0.29) is 5.91 Å². The molecule has 0 aliphatic carbocycles. The van der Waals surface area contributed by atoms with Crippen LogP contribution < -0.4 is 10.2 Å². The Hall–Kier alpha value is -2.63. The molecule has 1 amide bonds. The molecule has 0 saturated heterocycles. The standard InChI is InChI=1S/C21H23ClN4O/c1-15-21(16(2)26(24-15)19-10-5-4-6-11-19)23-20(27)14-25(3)13-17-8-7-9-18(22)12-17/h4-12H,13-14H2,1-3H3,(H,23,27)/p+1. The lowest BCUT2D eigenvalue weighted by Crippen LogP contribution is -3.08. The third kappa shape index (κ3) is 4.76. The number of quaternary nitrogens is 1. The first-order valence-corrected chi connectivity index (χ1v) is 9.29. The summed E-state index contributed by atoms with van der Waals surface area (Å²) in [5.41, 5.74) is 4.58. The minimum atomic E-state index is -0.0339. The number of carbonyl (C=O) groups excluding carboxylic acids is 1. The van der Waals surface area contributed by atoms with Gasteiger partial charge in [0.1, 0.15) is 6.54 Å². The van der Waals surface area contributed by atoms with E-state index in [9.17, 15) is 4.79 Å². The van der Waals surface area contributed by atoms with E-state index in [1.54, 1.807) is 0 Å². The molecule has 0 radical (unpaired) electrons. The maximum absolute atomic E-state index is 12.5. The fourth-order valence-electron chi connectivity index (χ4n) is 3.16. The molecule has 1 atom stereocenters. The third-order valence-electron chi connectivity index (χ3n) is 4.41. The summed E-state index contributed by atoms with van der Waals surface area (Å²) in [5.74, 6) is -0.0339. The van der Waals surface area contributed by atoms with Crippen molar-refractivity contribution in [2.24, 2.45) is 0 Å². The molecule has 6 heteroatoms. The Balaban J connectivity index is 1.66. The van der Waals surface area contributed by atoms with Crippen LogP contribution in [0.15, 0.2) is 54.6 Å². The number of hydrogen-bond donors (Lipinski definition) is 2. The van der Waals surface area contributed by atoms with Crippen molar-refractivity contribution in [1.82, 2.24) is 9.78 Å². The lowest BCUT2D eigenvalue weighted by Gasteiger charge is -2.14. The first-order valence-electron chi connectivity index (χ1n) is 8.91. The molecule has 0 spiro atoms. The Morgan fingerprint density at radius 1 is 1.15 bits per heavy atom. The Labute approximate surface area is 164 Å². The summed E-state index contributed by atoms with van der Waals surface area (Å²) in [5, 5.41) is 8.31. The van der Waals surface area contributed by atoms with E-state index in [2.05, 4.69) is 10.4 Å². The number of aromatic nitrogens is 2. The van der Waals surface area contributed by atoms with Gasteiger partial charge in [-0.25, -0.2) is 4.68 Å². The highest BCUT2D eigenvalue weighted by molar-refractivity contribution is 6.30. The molecule has 2 N–H and O–H groups in total. The maximum Gasteiger partial charge on any atom is 0.279 e. The van der Waals surface area contributed by atoms with Gasteiger partial charge in [-0.2, -0.15) is 5.10 Å². The molecule has 3 aromatic rings. The number of para-hydroxylation sites is 1. The molecule has 2 aromatic carbocycles. The highest BCUT2D eigenvalue weighted by Gasteiger charge is 2.17. The Morgan fingerprint density at radius 2 is 1.89 bits per heavy atom. The number of rotatable bonds is 6. The van der Waals surface area contributed by atoms with Crippen LogP contribution in [0.3, 0.4) is 0 Å². The van der Waals surface area contributed by atoms with E-state index < -0.39 is 0 Å². The van der Waals surface area contributed by atoms with E-state index >= 15 is 0 Å². The van der Waals surface area contributed by atoms with Crippen molar-refractivity contribution in [1.29, 1.82) is 0 Å². The molecular formula is C21H24ClN4O+. The summed E-state index contributed by atoms with van der Waals surface area (Å²) in [4.78, 5) is 13.6. The number of halogens is 1. The smallest absolute Gasteiger partial charge is 0.279 e. The molecular weight excluding hydrogens is 360 g/mol. The van der Waals surface area contributed by atoms with Gasteiger partial charge in [0.05, 0.1) is 29.8 Å². The second-order valence-corrected chi connectivity index (χ2v) is 7.22. The Bertz CT molecular complexity index is 937. The highest BCUT2D eigenvalue weighted by Crippen LogP contribution is 2.22. The fraction of sp³-hybridized carbons (Fsp3) is 0.238. The van der Waals surface area contributed by atoms with Crippen molar-refractivity contribution in [2.75, 3.05) is 18.9 Å². The van der Waals surface area contributed by atoms with Gasteiger partial charge < -0.3 is 10.2 Å². The van der Waals surface area contributed by atoms with Crippen LogP contribution in [0.4, 0.5) is 5.69 Å². The van der Waals surface area contributed by atoms with Crippen molar-refractivity contribution >= 4 is 23.2 Å². The molecule has 0 aliphatic heterocycles.